The molecule has 4 heterocycles. The van der Waals surface area contributed by atoms with E-state index in [1.54, 1.807) is 20.2 Å². The number of aromatic hydroxyl groups is 1. The van der Waals surface area contributed by atoms with Crippen LogP contribution in [0.3, 0.4) is 0 Å². The quantitative estimate of drug-likeness (QED) is 0.361. The second-order valence-corrected chi connectivity index (χ2v) is 9.57. The van der Waals surface area contributed by atoms with Gasteiger partial charge in [0.1, 0.15) is 29.0 Å². The monoisotopic (exact) mass is 556 g/mol. The number of hydrogen-bond acceptors (Lipinski definition) is 6. The first kappa shape index (κ1) is 27.0. The smallest absolute Gasteiger partial charge is 0.290 e. The van der Waals surface area contributed by atoms with Crippen molar-refractivity contribution in [2.75, 3.05) is 13.1 Å². The van der Waals surface area contributed by atoms with Crippen LogP contribution in [-0.2, 0) is 7.05 Å². The minimum atomic E-state index is -1.03. The highest BCUT2D eigenvalue weighted by molar-refractivity contribution is 5.96. The second-order valence-electron chi connectivity index (χ2n) is 9.57. The average Bonchev–Trinajstić information content (AvgIpc) is 3.54. The highest BCUT2D eigenvalue weighted by atomic mass is 19.1. The van der Waals surface area contributed by atoms with E-state index in [1.165, 1.54) is 20.2 Å². The van der Waals surface area contributed by atoms with Crippen molar-refractivity contribution in [1.82, 2.24) is 29.2 Å². The Morgan fingerprint density at radius 2 is 1.85 bits per heavy atom. The van der Waals surface area contributed by atoms with E-state index in [9.17, 15) is 32.3 Å². The molecule has 1 unspecified atom stereocenters. The molecule has 3 aromatic heterocycles. The lowest BCUT2D eigenvalue weighted by atomic mass is 10.0. The van der Waals surface area contributed by atoms with Gasteiger partial charge >= 0.3 is 0 Å². The molecule has 208 valence electrons. The fourth-order valence-corrected chi connectivity index (χ4v) is 5.11. The molecule has 1 aliphatic rings. The maximum Gasteiger partial charge on any atom is 0.290 e. The van der Waals surface area contributed by atoms with E-state index in [-0.39, 0.29) is 48.7 Å². The lowest BCUT2D eigenvalue weighted by Crippen LogP contribution is -2.35. The standard InChI is InChI=1S/C27H24F4N6O3/c1-3-21(15-8-16(28)10-17(29)9-15)37-24(20-5-6-35(2)34-20)33-25(38)22(27(37)40)26(39)36-7-4-14(13-36)23-19(31)11-18(30)12-32-23/h5-6,8-12,14,21,40H,3-4,7,13H2,1-2H3/t14?,21-/m0/s1. The van der Waals surface area contributed by atoms with Crippen molar-refractivity contribution in [2.45, 2.75) is 31.7 Å². The largest absolute Gasteiger partial charge is 0.494 e. The Labute approximate surface area is 225 Å². The number of pyridine rings is 1. The highest BCUT2D eigenvalue weighted by Gasteiger charge is 2.35. The van der Waals surface area contributed by atoms with Crippen LogP contribution in [0.2, 0.25) is 0 Å². The normalized spacial score (nSPS) is 15.9. The molecule has 5 rings (SSSR count). The Morgan fingerprint density at radius 1 is 1.12 bits per heavy atom. The lowest BCUT2D eigenvalue weighted by molar-refractivity contribution is 0.0783. The third-order valence-electron chi connectivity index (χ3n) is 6.92. The van der Waals surface area contributed by atoms with Gasteiger partial charge in [-0.2, -0.15) is 10.1 Å². The molecule has 1 aliphatic heterocycles. The molecule has 13 heteroatoms. The SMILES string of the molecule is CC[C@@H](c1cc(F)cc(F)c1)n1c(-c2ccn(C)n2)nc(=O)c(C(=O)N2CCC(c3ncc(F)cc3F)C2)c1O. The van der Waals surface area contributed by atoms with E-state index < -0.39 is 58.1 Å². The van der Waals surface area contributed by atoms with E-state index >= 15 is 0 Å². The van der Waals surface area contributed by atoms with Gasteiger partial charge in [0.05, 0.1) is 17.9 Å². The number of carbonyl (C=O) groups excluding carboxylic acids is 1. The number of rotatable bonds is 6. The number of likely N-dealkylation sites (tertiary alicyclic amines) is 1. The van der Waals surface area contributed by atoms with Gasteiger partial charge in [-0.1, -0.05) is 6.92 Å². The predicted octanol–water partition coefficient (Wildman–Crippen LogP) is 3.93. The molecule has 4 aromatic rings. The third-order valence-corrected chi connectivity index (χ3v) is 6.92. The summed E-state index contributed by atoms with van der Waals surface area (Å²) in [6.45, 7) is 1.76. The van der Waals surface area contributed by atoms with Crippen molar-refractivity contribution < 1.29 is 27.5 Å². The molecule has 1 amide bonds. The molecular weight excluding hydrogens is 532 g/mol. The molecule has 0 radical (unpaired) electrons. The van der Waals surface area contributed by atoms with Crippen LogP contribution in [0.25, 0.3) is 11.5 Å². The summed E-state index contributed by atoms with van der Waals surface area (Å²) in [6, 6.07) is 4.19. The van der Waals surface area contributed by atoms with Crippen LogP contribution in [0.4, 0.5) is 17.6 Å². The summed E-state index contributed by atoms with van der Waals surface area (Å²) in [5.74, 6) is -5.65. The summed E-state index contributed by atoms with van der Waals surface area (Å²) < 4.78 is 58.6. The molecule has 0 saturated carbocycles. The zero-order valence-corrected chi connectivity index (χ0v) is 21.5. The van der Waals surface area contributed by atoms with Crippen molar-refractivity contribution >= 4 is 5.91 Å². The minimum absolute atomic E-state index is 0.0128. The Balaban J connectivity index is 1.60. The van der Waals surface area contributed by atoms with Gasteiger partial charge in [0.25, 0.3) is 11.5 Å². The van der Waals surface area contributed by atoms with Crippen LogP contribution >= 0.6 is 0 Å². The zero-order valence-electron chi connectivity index (χ0n) is 21.5. The van der Waals surface area contributed by atoms with E-state index in [0.29, 0.717) is 12.1 Å². The molecule has 0 spiro atoms. The van der Waals surface area contributed by atoms with Crippen molar-refractivity contribution in [1.29, 1.82) is 0 Å². The Hall–Kier alpha value is -4.55. The molecule has 1 N–H and O–H groups in total. The summed E-state index contributed by atoms with van der Waals surface area (Å²) in [7, 11) is 1.63. The van der Waals surface area contributed by atoms with Gasteiger partial charge in [0.15, 0.2) is 11.4 Å². The van der Waals surface area contributed by atoms with Crippen LogP contribution in [0.15, 0.2) is 47.5 Å². The summed E-state index contributed by atoms with van der Waals surface area (Å²) >= 11 is 0. The number of hydrogen-bond donors (Lipinski definition) is 1. The first-order chi connectivity index (χ1) is 19.1. The van der Waals surface area contributed by atoms with E-state index in [2.05, 4.69) is 15.1 Å². The average molecular weight is 557 g/mol. The van der Waals surface area contributed by atoms with Gasteiger partial charge in [0.2, 0.25) is 5.88 Å². The van der Waals surface area contributed by atoms with Crippen molar-refractivity contribution in [3.63, 3.8) is 0 Å². The minimum Gasteiger partial charge on any atom is -0.494 e. The lowest BCUT2D eigenvalue weighted by Gasteiger charge is -2.25. The fraction of sp³-hybridized carbons (Fsp3) is 0.296. The van der Waals surface area contributed by atoms with Crippen LogP contribution in [0.5, 0.6) is 5.88 Å². The molecule has 40 heavy (non-hydrogen) atoms. The maximum absolute atomic E-state index is 14.3. The number of halogens is 4. The van der Waals surface area contributed by atoms with E-state index in [4.69, 9.17) is 0 Å². The van der Waals surface area contributed by atoms with Gasteiger partial charge in [0, 0.05) is 44.4 Å². The van der Waals surface area contributed by atoms with Gasteiger partial charge in [-0.05, 0) is 36.6 Å². The van der Waals surface area contributed by atoms with Crippen LogP contribution in [0.1, 0.15) is 53.3 Å². The third kappa shape index (κ3) is 4.94. The van der Waals surface area contributed by atoms with Gasteiger partial charge in [-0.3, -0.25) is 23.8 Å². The maximum atomic E-state index is 14.3. The Bertz CT molecular complexity index is 1650. The molecule has 9 nitrogen and oxygen atoms in total. The molecule has 1 aromatic carbocycles. The van der Waals surface area contributed by atoms with E-state index in [0.717, 1.165) is 18.3 Å². The first-order valence-electron chi connectivity index (χ1n) is 12.5. The molecule has 1 fully saturated rings. The number of carbonyl (C=O) groups is 1. The van der Waals surface area contributed by atoms with Crippen molar-refractivity contribution in [2.24, 2.45) is 7.05 Å². The zero-order chi connectivity index (χ0) is 28.7. The fourth-order valence-electron chi connectivity index (χ4n) is 5.11. The number of aromatic nitrogens is 5. The molecule has 0 aliphatic carbocycles. The van der Waals surface area contributed by atoms with E-state index in [1.807, 2.05) is 0 Å². The predicted molar refractivity (Wildman–Crippen MR) is 135 cm³/mol. The van der Waals surface area contributed by atoms with Crippen molar-refractivity contribution in [3.05, 3.63) is 93.2 Å². The van der Waals surface area contributed by atoms with Crippen molar-refractivity contribution in [3.8, 4) is 17.4 Å². The molecule has 2 atom stereocenters. The Morgan fingerprint density at radius 3 is 2.48 bits per heavy atom. The summed E-state index contributed by atoms with van der Waals surface area (Å²) in [4.78, 5) is 35.9. The highest BCUT2D eigenvalue weighted by Crippen LogP contribution is 2.35. The number of nitrogens with zero attached hydrogens (tertiary/aromatic N) is 6. The number of aryl methyl sites for hydroxylation is 1. The van der Waals surface area contributed by atoms with Crippen LogP contribution in [-0.4, -0.2) is 53.3 Å². The summed E-state index contributed by atoms with van der Waals surface area (Å²) in [5, 5.41) is 15.7. The number of benzene rings is 1. The first-order valence-corrected chi connectivity index (χ1v) is 12.5. The summed E-state index contributed by atoms with van der Waals surface area (Å²) in [6.07, 6.45) is 2.94. The topological polar surface area (TPSA) is 106 Å². The molecular formula is C27H24F4N6O3. The molecule has 1 saturated heterocycles. The van der Waals surface area contributed by atoms with Gasteiger partial charge in [-0.25, -0.2) is 17.6 Å². The van der Waals surface area contributed by atoms with Gasteiger partial charge < -0.3 is 10.0 Å². The van der Waals surface area contributed by atoms with Crippen LogP contribution in [0, 0.1) is 23.3 Å². The Kier molecular flexibility index (Phi) is 7.13. The molecule has 0 bridgehead atoms. The number of amides is 1. The second kappa shape index (κ2) is 10.5. The van der Waals surface area contributed by atoms with Crippen LogP contribution < -0.4 is 5.56 Å². The summed E-state index contributed by atoms with van der Waals surface area (Å²) in [5.41, 5.74) is -1.38. The van der Waals surface area contributed by atoms with Gasteiger partial charge in [-0.15, -0.1) is 0 Å².